The summed E-state index contributed by atoms with van der Waals surface area (Å²) in [5.41, 5.74) is 1.18. The summed E-state index contributed by atoms with van der Waals surface area (Å²) in [4.78, 5) is 4.56. The maximum atomic E-state index is 4.56. The molecule has 0 spiro atoms. The second-order valence-electron chi connectivity index (χ2n) is 4.54. The molecule has 1 aromatic heterocycles. The highest BCUT2D eigenvalue weighted by atomic mass is 32.1. The molecule has 0 bridgehead atoms. The first-order valence-corrected chi connectivity index (χ1v) is 5.74. The van der Waals surface area contributed by atoms with Crippen LogP contribution in [0.1, 0.15) is 26.6 Å². The minimum absolute atomic E-state index is 0.0313. The van der Waals surface area contributed by atoms with E-state index in [-0.39, 0.29) is 5.41 Å². The smallest absolute Gasteiger partial charge is 0.148 e. The van der Waals surface area contributed by atoms with Crippen molar-refractivity contribution in [3.8, 4) is 10.6 Å². The highest BCUT2D eigenvalue weighted by Crippen LogP contribution is 2.26. The van der Waals surface area contributed by atoms with Crippen molar-refractivity contribution in [3.05, 3.63) is 36.2 Å². The number of aromatic nitrogens is 2. The molecule has 0 N–H and O–H groups in total. The van der Waals surface area contributed by atoms with Crippen LogP contribution >= 0.6 is 11.5 Å². The average molecular weight is 218 g/mol. The van der Waals surface area contributed by atoms with Gasteiger partial charge in [-0.25, -0.2) is 4.98 Å². The second kappa shape index (κ2) is 3.74. The normalized spacial score (nSPS) is 11.7. The number of hydrogen-bond acceptors (Lipinski definition) is 3. The molecule has 0 radical (unpaired) electrons. The van der Waals surface area contributed by atoms with Crippen LogP contribution in [-0.2, 0) is 5.41 Å². The van der Waals surface area contributed by atoms with E-state index < -0.39 is 0 Å². The van der Waals surface area contributed by atoms with Gasteiger partial charge in [-0.3, -0.25) is 0 Å². The zero-order valence-electron chi connectivity index (χ0n) is 9.19. The summed E-state index contributed by atoms with van der Waals surface area (Å²) in [5, 5.41) is 1.00. The Morgan fingerprint density at radius 2 is 1.73 bits per heavy atom. The van der Waals surface area contributed by atoms with E-state index in [1.807, 2.05) is 18.2 Å². The Morgan fingerprint density at radius 1 is 1.07 bits per heavy atom. The summed E-state index contributed by atoms with van der Waals surface area (Å²) >= 11 is 1.47. The summed E-state index contributed by atoms with van der Waals surface area (Å²) in [6, 6.07) is 10.2. The van der Waals surface area contributed by atoms with E-state index in [1.54, 1.807) is 0 Å². The second-order valence-corrected chi connectivity index (χ2v) is 5.29. The minimum Gasteiger partial charge on any atom is -0.219 e. The lowest BCUT2D eigenvalue weighted by Gasteiger charge is -2.12. The third-order valence-corrected chi connectivity index (χ3v) is 2.88. The van der Waals surface area contributed by atoms with Crippen molar-refractivity contribution >= 4 is 11.5 Å². The van der Waals surface area contributed by atoms with Crippen LogP contribution in [0.4, 0.5) is 0 Å². The van der Waals surface area contributed by atoms with E-state index in [4.69, 9.17) is 0 Å². The molecule has 0 aliphatic heterocycles. The van der Waals surface area contributed by atoms with Crippen molar-refractivity contribution in [1.29, 1.82) is 0 Å². The van der Waals surface area contributed by atoms with E-state index in [9.17, 15) is 0 Å². The van der Waals surface area contributed by atoms with Gasteiger partial charge < -0.3 is 0 Å². The molecule has 0 aliphatic carbocycles. The zero-order valence-corrected chi connectivity index (χ0v) is 10.0. The molecule has 2 rings (SSSR count). The van der Waals surface area contributed by atoms with Gasteiger partial charge >= 0.3 is 0 Å². The van der Waals surface area contributed by atoms with Crippen molar-refractivity contribution in [2.45, 2.75) is 26.2 Å². The fourth-order valence-electron chi connectivity index (χ4n) is 1.23. The largest absolute Gasteiger partial charge is 0.219 e. The fraction of sp³-hybridized carbons (Fsp3) is 0.333. The van der Waals surface area contributed by atoms with E-state index in [0.717, 1.165) is 16.4 Å². The molecule has 3 heteroatoms. The van der Waals surface area contributed by atoms with Crippen LogP contribution in [0.15, 0.2) is 30.3 Å². The van der Waals surface area contributed by atoms with Crippen LogP contribution in [0.5, 0.6) is 0 Å². The minimum atomic E-state index is 0.0313. The van der Waals surface area contributed by atoms with Gasteiger partial charge in [0.25, 0.3) is 0 Å². The first kappa shape index (κ1) is 10.3. The maximum Gasteiger partial charge on any atom is 0.148 e. The Morgan fingerprint density at radius 3 is 2.27 bits per heavy atom. The van der Waals surface area contributed by atoms with Crippen molar-refractivity contribution in [1.82, 2.24) is 9.36 Å². The zero-order chi connectivity index (χ0) is 10.9. The van der Waals surface area contributed by atoms with Crippen molar-refractivity contribution in [2.75, 3.05) is 0 Å². The third-order valence-electron chi connectivity index (χ3n) is 2.12. The lowest BCUT2D eigenvalue weighted by atomic mass is 9.96. The number of benzene rings is 1. The average Bonchev–Trinajstić information content (AvgIpc) is 2.67. The number of rotatable bonds is 1. The maximum absolute atomic E-state index is 4.56. The molecule has 1 aromatic carbocycles. The molecular weight excluding hydrogens is 204 g/mol. The van der Waals surface area contributed by atoms with E-state index in [1.165, 1.54) is 11.5 Å². The Hall–Kier alpha value is -1.22. The predicted molar refractivity (Wildman–Crippen MR) is 64.0 cm³/mol. The molecule has 0 fully saturated rings. The molecule has 0 saturated carbocycles. The van der Waals surface area contributed by atoms with Gasteiger partial charge in [-0.2, -0.15) is 4.37 Å². The number of hydrogen-bond donors (Lipinski definition) is 0. The molecule has 0 aliphatic rings. The Balaban J connectivity index is 2.37. The molecule has 0 saturated heterocycles. The summed E-state index contributed by atoms with van der Waals surface area (Å²) in [6.07, 6.45) is 0. The summed E-state index contributed by atoms with van der Waals surface area (Å²) in [7, 11) is 0. The Labute approximate surface area is 94.2 Å². The van der Waals surface area contributed by atoms with Crippen LogP contribution in [-0.4, -0.2) is 9.36 Å². The first-order chi connectivity index (χ1) is 7.07. The highest BCUT2D eigenvalue weighted by Gasteiger charge is 2.19. The van der Waals surface area contributed by atoms with Gasteiger partial charge in [-0.1, -0.05) is 51.1 Å². The van der Waals surface area contributed by atoms with E-state index >= 15 is 0 Å². The van der Waals surface area contributed by atoms with Crippen LogP contribution in [0.3, 0.4) is 0 Å². The molecule has 15 heavy (non-hydrogen) atoms. The Bertz CT molecular complexity index is 440. The van der Waals surface area contributed by atoms with Gasteiger partial charge in [-0.05, 0) is 11.5 Å². The molecule has 0 unspecified atom stereocenters. The lowest BCUT2D eigenvalue weighted by molar-refractivity contribution is 0.555. The summed E-state index contributed by atoms with van der Waals surface area (Å²) < 4.78 is 4.39. The highest BCUT2D eigenvalue weighted by molar-refractivity contribution is 7.09. The van der Waals surface area contributed by atoms with Crippen LogP contribution in [0.2, 0.25) is 0 Å². The van der Waals surface area contributed by atoms with Gasteiger partial charge in [0.1, 0.15) is 10.8 Å². The van der Waals surface area contributed by atoms with Crippen LogP contribution in [0, 0.1) is 0 Å². The Kier molecular flexibility index (Phi) is 2.57. The van der Waals surface area contributed by atoms with Crippen molar-refractivity contribution in [2.24, 2.45) is 0 Å². The predicted octanol–water partition coefficient (Wildman–Crippen LogP) is 3.50. The van der Waals surface area contributed by atoms with Crippen molar-refractivity contribution in [3.63, 3.8) is 0 Å². The monoisotopic (exact) mass is 218 g/mol. The van der Waals surface area contributed by atoms with Gasteiger partial charge in [-0.15, -0.1) is 0 Å². The van der Waals surface area contributed by atoms with Gasteiger partial charge in [0.2, 0.25) is 0 Å². The molecule has 2 aromatic rings. The fourth-order valence-corrected chi connectivity index (χ4v) is 2.08. The van der Waals surface area contributed by atoms with Crippen LogP contribution in [0.25, 0.3) is 10.6 Å². The van der Waals surface area contributed by atoms with Gasteiger partial charge in [0.05, 0.1) is 0 Å². The standard InChI is InChI=1S/C12H14N2S/c1-12(2,3)11-13-10(15-14-11)9-7-5-4-6-8-9/h4-8H,1-3H3. The van der Waals surface area contributed by atoms with Crippen molar-refractivity contribution < 1.29 is 0 Å². The van der Waals surface area contributed by atoms with Gasteiger partial charge in [0.15, 0.2) is 0 Å². The molecule has 78 valence electrons. The number of nitrogens with zero attached hydrogens (tertiary/aromatic N) is 2. The molecule has 1 heterocycles. The van der Waals surface area contributed by atoms with Crippen LogP contribution < -0.4 is 0 Å². The first-order valence-electron chi connectivity index (χ1n) is 4.97. The third kappa shape index (κ3) is 2.23. The summed E-state index contributed by atoms with van der Waals surface area (Å²) in [6.45, 7) is 6.39. The van der Waals surface area contributed by atoms with E-state index in [0.29, 0.717) is 0 Å². The molecule has 0 atom stereocenters. The molecule has 2 nitrogen and oxygen atoms in total. The lowest BCUT2D eigenvalue weighted by Crippen LogP contribution is -2.12. The topological polar surface area (TPSA) is 25.8 Å². The quantitative estimate of drug-likeness (QED) is 0.732. The SMILES string of the molecule is CC(C)(C)c1nsc(-c2ccccc2)n1. The van der Waals surface area contributed by atoms with Gasteiger partial charge in [0, 0.05) is 11.0 Å². The molecule has 0 amide bonds. The van der Waals surface area contributed by atoms with E-state index in [2.05, 4.69) is 42.3 Å². The summed E-state index contributed by atoms with van der Waals surface area (Å²) in [5.74, 6) is 0.923. The molecular formula is C12H14N2S.